The minimum Gasteiger partial charge on any atom is -0.297 e. The number of benzene rings is 1. The molecule has 18 heavy (non-hydrogen) atoms. The van der Waals surface area contributed by atoms with Crippen LogP contribution >= 0.6 is 12.2 Å². The SMILES string of the molecule is Cc1ccc(F)c(-c2n[nH]c(=S)n2C(C)C)c1F. The minimum atomic E-state index is -0.644. The van der Waals surface area contributed by atoms with Crippen molar-refractivity contribution in [2.45, 2.75) is 26.8 Å². The molecule has 0 saturated carbocycles. The zero-order valence-corrected chi connectivity index (χ0v) is 11.1. The third-order valence-corrected chi connectivity index (χ3v) is 3.02. The van der Waals surface area contributed by atoms with Crippen molar-refractivity contribution in [1.29, 1.82) is 0 Å². The van der Waals surface area contributed by atoms with Crippen LogP contribution in [-0.2, 0) is 0 Å². The van der Waals surface area contributed by atoms with Crippen LogP contribution < -0.4 is 0 Å². The Morgan fingerprint density at radius 3 is 2.61 bits per heavy atom. The van der Waals surface area contributed by atoms with E-state index in [0.717, 1.165) is 0 Å². The van der Waals surface area contributed by atoms with Gasteiger partial charge < -0.3 is 0 Å². The Morgan fingerprint density at radius 1 is 1.33 bits per heavy atom. The first-order valence-corrected chi connectivity index (χ1v) is 5.96. The molecule has 1 N–H and O–H groups in total. The van der Waals surface area contributed by atoms with E-state index in [-0.39, 0.29) is 17.4 Å². The van der Waals surface area contributed by atoms with Gasteiger partial charge in [-0.15, -0.1) is 0 Å². The summed E-state index contributed by atoms with van der Waals surface area (Å²) in [4.78, 5) is 0. The van der Waals surface area contributed by atoms with E-state index >= 15 is 0 Å². The highest BCUT2D eigenvalue weighted by atomic mass is 32.1. The standard InChI is InChI=1S/C12H13F2N3S/c1-6(2)17-11(15-16-12(17)18)9-8(13)5-4-7(3)10(9)14/h4-6H,1-3H3,(H,16,18). The molecular weight excluding hydrogens is 256 g/mol. The molecule has 1 aromatic heterocycles. The Morgan fingerprint density at radius 2 is 2.00 bits per heavy atom. The van der Waals surface area contributed by atoms with Crippen molar-refractivity contribution in [3.05, 3.63) is 34.1 Å². The first kappa shape index (κ1) is 12.9. The summed E-state index contributed by atoms with van der Waals surface area (Å²) in [5.74, 6) is -1.06. The van der Waals surface area contributed by atoms with E-state index in [4.69, 9.17) is 12.2 Å². The number of hydrogen-bond acceptors (Lipinski definition) is 2. The molecule has 0 saturated heterocycles. The molecule has 0 spiro atoms. The van der Waals surface area contributed by atoms with Crippen LogP contribution in [0.5, 0.6) is 0 Å². The Labute approximate surface area is 108 Å². The lowest BCUT2D eigenvalue weighted by Gasteiger charge is -2.12. The molecule has 2 rings (SSSR count). The molecule has 3 nitrogen and oxygen atoms in total. The van der Waals surface area contributed by atoms with Gasteiger partial charge in [0, 0.05) is 6.04 Å². The van der Waals surface area contributed by atoms with Crippen LogP contribution in [0.25, 0.3) is 11.4 Å². The molecule has 0 fully saturated rings. The van der Waals surface area contributed by atoms with Gasteiger partial charge in [0.1, 0.15) is 11.6 Å². The van der Waals surface area contributed by atoms with E-state index in [1.165, 1.54) is 12.1 Å². The largest absolute Gasteiger partial charge is 0.297 e. The van der Waals surface area contributed by atoms with Gasteiger partial charge in [-0.1, -0.05) is 6.07 Å². The lowest BCUT2D eigenvalue weighted by molar-refractivity contribution is 0.564. The highest BCUT2D eigenvalue weighted by Gasteiger charge is 2.20. The molecule has 96 valence electrons. The molecule has 0 aliphatic carbocycles. The number of nitrogens with one attached hydrogen (secondary N) is 1. The molecule has 0 bridgehead atoms. The van der Waals surface area contributed by atoms with Gasteiger partial charge >= 0.3 is 0 Å². The van der Waals surface area contributed by atoms with Gasteiger partial charge in [-0.05, 0) is 44.6 Å². The van der Waals surface area contributed by atoms with Crippen LogP contribution in [-0.4, -0.2) is 14.8 Å². The van der Waals surface area contributed by atoms with Gasteiger partial charge in [-0.3, -0.25) is 9.67 Å². The number of rotatable bonds is 2. The number of hydrogen-bond donors (Lipinski definition) is 1. The maximum absolute atomic E-state index is 14.1. The maximum Gasteiger partial charge on any atom is 0.195 e. The van der Waals surface area contributed by atoms with Gasteiger partial charge in [-0.2, -0.15) is 5.10 Å². The number of aromatic nitrogens is 3. The van der Waals surface area contributed by atoms with Crippen LogP contribution in [0.3, 0.4) is 0 Å². The molecule has 1 heterocycles. The van der Waals surface area contributed by atoms with Gasteiger partial charge in [0.2, 0.25) is 0 Å². The van der Waals surface area contributed by atoms with E-state index in [9.17, 15) is 8.78 Å². The summed E-state index contributed by atoms with van der Waals surface area (Å²) in [7, 11) is 0. The zero-order valence-electron chi connectivity index (χ0n) is 10.3. The molecule has 0 atom stereocenters. The topological polar surface area (TPSA) is 33.6 Å². The van der Waals surface area contributed by atoms with Crippen LogP contribution in [0.1, 0.15) is 25.5 Å². The average molecular weight is 269 g/mol. The van der Waals surface area contributed by atoms with E-state index < -0.39 is 11.6 Å². The van der Waals surface area contributed by atoms with E-state index in [2.05, 4.69) is 10.2 Å². The molecule has 0 unspecified atom stereocenters. The molecular formula is C12H13F2N3S. The molecule has 0 amide bonds. The minimum absolute atomic E-state index is 0.0365. The zero-order chi connectivity index (χ0) is 13.4. The van der Waals surface area contributed by atoms with Crippen molar-refractivity contribution in [1.82, 2.24) is 14.8 Å². The van der Waals surface area contributed by atoms with Crippen LogP contribution in [0.2, 0.25) is 0 Å². The maximum atomic E-state index is 14.1. The van der Waals surface area contributed by atoms with Crippen molar-refractivity contribution in [2.75, 3.05) is 0 Å². The quantitative estimate of drug-likeness (QED) is 0.842. The Bertz CT molecular complexity index is 643. The average Bonchev–Trinajstić information content (AvgIpc) is 2.66. The second kappa shape index (κ2) is 4.61. The second-order valence-electron chi connectivity index (χ2n) is 4.37. The highest BCUT2D eigenvalue weighted by molar-refractivity contribution is 7.71. The summed E-state index contributed by atoms with van der Waals surface area (Å²) in [6, 6.07) is 2.59. The summed E-state index contributed by atoms with van der Waals surface area (Å²) < 4.78 is 29.8. The van der Waals surface area contributed by atoms with Crippen molar-refractivity contribution in [3.63, 3.8) is 0 Å². The lowest BCUT2D eigenvalue weighted by Crippen LogP contribution is -2.06. The predicted molar refractivity (Wildman–Crippen MR) is 67.9 cm³/mol. The van der Waals surface area contributed by atoms with E-state index in [1.54, 1.807) is 11.5 Å². The third kappa shape index (κ3) is 1.96. The Kier molecular flexibility index (Phi) is 3.30. The first-order valence-electron chi connectivity index (χ1n) is 5.55. The lowest BCUT2D eigenvalue weighted by atomic mass is 10.1. The van der Waals surface area contributed by atoms with Gasteiger partial charge in [0.05, 0.1) is 5.56 Å². The van der Waals surface area contributed by atoms with Crippen molar-refractivity contribution >= 4 is 12.2 Å². The number of aryl methyl sites for hydroxylation is 1. The molecule has 1 aromatic carbocycles. The van der Waals surface area contributed by atoms with Crippen LogP contribution in [0.15, 0.2) is 12.1 Å². The first-order chi connectivity index (χ1) is 8.43. The predicted octanol–water partition coefficient (Wildman–Crippen LogP) is 3.78. The summed E-state index contributed by atoms with van der Waals surface area (Å²) in [6.07, 6.45) is 0. The summed E-state index contributed by atoms with van der Waals surface area (Å²) >= 11 is 5.07. The summed E-state index contributed by atoms with van der Waals surface area (Å²) in [6.45, 7) is 5.33. The number of aromatic amines is 1. The summed E-state index contributed by atoms with van der Waals surface area (Å²) in [5, 5.41) is 6.51. The molecule has 0 aliphatic rings. The third-order valence-electron chi connectivity index (χ3n) is 2.73. The monoisotopic (exact) mass is 269 g/mol. The number of nitrogens with zero attached hydrogens (tertiary/aromatic N) is 2. The van der Waals surface area contributed by atoms with Crippen LogP contribution in [0, 0.1) is 23.3 Å². The van der Waals surface area contributed by atoms with Crippen molar-refractivity contribution in [2.24, 2.45) is 0 Å². The van der Waals surface area contributed by atoms with Gasteiger partial charge in [0.25, 0.3) is 0 Å². The Hall–Kier alpha value is -1.56. The number of H-pyrrole nitrogens is 1. The van der Waals surface area contributed by atoms with E-state index in [1.807, 2.05) is 13.8 Å². The Balaban J connectivity index is 2.78. The molecule has 6 heteroatoms. The smallest absolute Gasteiger partial charge is 0.195 e. The van der Waals surface area contributed by atoms with Gasteiger partial charge in [-0.25, -0.2) is 8.78 Å². The molecule has 0 radical (unpaired) electrons. The summed E-state index contributed by atoms with van der Waals surface area (Å²) in [5.41, 5.74) is 0.228. The van der Waals surface area contributed by atoms with Gasteiger partial charge in [0.15, 0.2) is 10.6 Å². The number of halogens is 2. The van der Waals surface area contributed by atoms with E-state index in [0.29, 0.717) is 10.3 Å². The highest BCUT2D eigenvalue weighted by Crippen LogP contribution is 2.28. The normalized spacial score (nSPS) is 11.2. The fourth-order valence-electron chi connectivity index (χ4n) is 1.82. The molecule has 0 aliphatic heterocycles. The second-order valence-corrected chi connectivity index (χ2v) is 4.76. The van der Waals surface area contributed by atoms with Crippen molar-refractivity contribution < 1.29 is 8.78 Å². The van der Waals surface area contributed by atoms with Crippen molar-refractivity contribution in [3.8, 4) is 11.4 Å². The fraction of sp³-hybridized carbons (Fsp3) is 0.333. The van der Waals surface area contributed by atoms with Crippen LogP contribution in [0.4, 0.5) is 8.78 Å². The fourth-order valence-corrected chi connectivity index (χ4v) is 2.16. The molecule has 2 aromatic rings.